The number of nitrogens with one attached hydrogen (secondary N) is 2. The maximum Gasteiger partial charge on any atom is 0.391 e. The molecule has 6 nitrogen and oxygen atoms in total. The minimum absolute atomic E-state index is 0.0446. The van der Waals surface area contributed by atoms with Crippen LogP contribution in [0.15, 0.2) is 0 Å². The van der Waals surface area contributed by atoms with Crippen LogP contribution in [-0.4, -0.2) is 65.8 Å². The number of aliphatic hydroxyl groups excluding tert-OH is 1. The van der Waals surface area contributed by atoms with E-state index < -0.39 is 18.2 Å². The van der Waals surface area contributed by atoms with Crippen LogP contribution >= 0.6 is 0 Å². The van der Waals surface area contributed by atoms with Crippen LogP contribution in [0.2, 0.25) is 0 Å². The molecule has 3 rings (SSSR count). The van der Waals surface area contributed by atoms with Crippen LogP contribution in [0.5, 0.6) is 0 Å². The van der Waals surface area contributed by atoms with Crippen molar-refractivity contribution >= 4 is 11.8 Å². The van der Waals surface area contributed by atoms with Gasteiger partial charge in [-0.3, -0.25) is 14.5 Å². The van der Waals surface area contributed by atoms with Gasteiger partial charge in [0.15, 0.2) is 0 Å². The third-order valence-electron chi connectivity index (χ3n) is 7.50. The first kappa shape index (κ1) is 25.3. The molecule has 0 aromatic rings. The number of hydrogen-bond acceptors (Lipinski definition) is 4. The van der Waals surface area contributed by atoms with Gasteiger partial charge in [0.2, 0.25) is 11.8 Å². The summed E-state index contributed by atoms with van der Waals surface area (Å²) in [6.45, 7) is 3.12. The number of halogens is 3. The number of alkyl halides is 3. The normalized spacial score (nSPS) is 30.0. The zero-order valence-electron chi connectivity index (χ0n) is 19.0. The monoisotopic (exact) mass is 461 g/mol. The predicted molar refractivity (Wildman–Crippen MR) is 115 cm³/mol. The van der Waals surface area contributed by atoms with Crippen LogP contribution in [0.3, 0.4) is 0 Å². The first-order valence-corrected chi connectivity index (χ1v) is 12.2. The zero-order valence-corrected chi connectivity index (χ0v) is 19.0. The fourth-order valence-electron chi connectivity index (χ4n) is 5.93. The van der Waals surface area contributed by atoms with E-state index in [1.54, 1.807) is 0 Å². The first-order valence-electron chi connectivity index (χ1n) is 12.2. The lowest BCUT2D eigenvalue weighted by atomic mass is 9.79. The van der Waals surface area contributed by atoms with Crippen molar-refractivity contribution in [3.63, 3.8) is 0 Å². The summed E-state index contributed by atoms with van der Waals surface area (Å²) in [4.78, 5) is 26.9. The van der Waals surface area contributed by atoms with E-state index in [4.69, 9.17) is 0 Å². The van der Waals surface area contributed by atoms with Gasteiger partial charge >= 0.3 is 6.18 Å². The van der Waals surface area contributed by atoms with Gasteiger partial charge in [0.25, 0.3) is 0 Å². The minimum Gasteiger partial charge on any atom is -0.393 e. The number of piperidine rings is 1. The molecular formula is C23H38F3N3O3. The lowest BCUT2D eigenvalue weighted by Gasteiger charge is -2.42. The van der Waals surface area contributed by atoms with Crippen molar-refractivity contribution < 1.29 is 27.9 Å². The number of rotatable bonds is 6. The molecule has 3 aliphatic rings. The van der Waals surface area contributed by atoms with Gasteiger partial charge in [-0.2, -0.15) is 13.2 Å². The van der Waals surface area contributed by atoms with E-state index in [9.17, 15) is 27.9 Å². The number of carbonyl (C=O) groups is 2. The second-order valence-electron chi connectivity index (χ2n) is 10.1. The second-order valence-corrected chi connectivity index (χ2v) is 10.1. The molecule has 1 heterocycles. The summed E-state index contributed by atoms with van der Waals surface area (Å²) in [5.74, 6) is -1.77. The number of carbonyl (C=O) groups excluding carboxylic acids is 2. The van der Waals surface area contributed by atoms with Crippen molar-refractivity contribution in [1.82, 2.24) is 15.5 Å². The quantitative estimate of drug-likeness (QED) is 0.568. The molecule has 4 unspecified atom stereocenters. The van der Waals surface area contributed by atoms with Crippen LogP contribution in [0, 0.1) is 17.8 Å². The molecule has 0 aromatic heterocycles. The molecule has 3 fully saturated rings. The van der Waals surface area contributed by atoms with Crippen molar-refractivity contribution in [3.8, 4) is 0 Å². The molecule has 0 bridgehead atoms. The Morgan fingerprint density at radius 3 is 2.28 bits per heavy atom. The summed E-state index contributed by atoms with van der Waals surface area (Å²) in [5, 5.41) is 15.8. The highest BCUT2D eigenvalue weighted by atomic mass is 19.4. The summed E-state index contributed by atoms with van der Waals surface area (Å²) in [6, 6.07) is -0.151. The molecular weight excluding hydrogens is 423 g/mol. The highest BCUT2D eigenvalue weighted by Gasteiger charge is 2.45. The lowest BCUT2D eigenvalue weighted by molar-refractivity contribution is -0.194. The minimum atomic E-state index is -4.31. The van der Waals surface area contributed by atoms with Crippen molar-refractivity contribution in [2.75, 3.05) is 19.6 Å². The summed E-state index contributed by atoms with van der Waals surface area (Å²) in [5.41, 5.74) is 0. The van der Waals surface area contributed by atoms with Gasteiger partial charge in [0.05, 0.1) is 18.1 Å². The Labute approximate surface area is 188 Å². The number of amides is 2. The second kappa shape index (κ2) is 11.2. The van der Waals surface area contributed by atoms with Gasteiger partial charge in [-0.25, -0.2) is 0 Å². The van der Waals surface area contributed by atoms with Crippen molar-refractivity contribution in [2.24, 2.45) is 17.8 Å². The van der Waals surface area contributed by atoms with Crippen molar-refractivity contribution in [2.45, 2.75) is 95.5 Å². The number of aliphatic hydroxyl groups is 1. The van der Waals surface area contributed by atoms with Crippen LogP contribution in [-0.2, 0) is 9.59 Å². The molecule has 2 amide bonds. The van der Waals surface area contributed by atoms with E-state index in [0.717, 1.165) is 51.6 Å². The Balaban J connectivity index is 1.59. The van der Waals surface area contributed by atoms with E-state index >= 15 is 0 Å². The number of hydrogen-bond donors (Lipinski definition) is 3. The molecule has 3 N–H and O–H groups in total. The molecule has 0 spiro atoms. The standard InChI is InChI=1S/C23H38F3N3O3/c1-15(30)28-19-7-9-29(10-8-19)21(17-5-3-2-4-6-17)22(32)27-14-16-11-18(23(24,25)26)13-20(31)12-16/h16-21,31H,2-14H2,1H3,(H,27,32)(H,28,30). The number of likely N-dealkylation sites (tertiary alicyclic amines) is 1. The largest absolute Gasteiger partial charge is 0.393 e. The Bertz CT molecular complexity index is 632. The van der Waals surface area contributed by atoms with Gasteiger partial charge < -0.3 is 15.7 Å². The maximum absolute atomic E-state index is 13.3. The Morgan fingerprint density at radius 1 is 1.03 bits per heavy atom. The smallest absolute Gasteiger partial charge is 0.391 e. The van der Waals surface area contributed by atoms with E-state index in [1.165, 1.54) is 13.3 Å². The lowest BCUT2D eigenvalue weighted by Crippen LogP contribution is -2.56. The van der Waals surface area contributed by atoms with Crippen LogP contribution in [0.4, 0.5) is 13.2 Å². The van der Waals surface area contributed by atoms with Gasteiger partial charge in [0, 0.05) is 32.6 Å². The average Bonchev–Trinajstić information content (AvgIpc) is 2.73. The van der Waals surface area contributed by atoms with Gasteiger partial charge in [-0.1, -0.05) is 19.3 Å². The molecule has 2 saturated carbocycles. The van der Waals surface area contributed by atoms with Gasteiger partial charge in [0.1, 0.15) is 0 Å². The Kier molecular flexibility index (Phi) is 8.83. The Morgan fingerprint density at radius 2 is 1.69 bits per heavy atom. The third kappa shape index (κ3) is 7.07. The highest BCUT2D eigenvalue weighted by molar-refractivity contribution is 5.82. The summed E-state index contributed by atoms with van der Waals surface area (Å²) >= 11 is 0. The molecule has 184 valence electrons. The van der Waals surface area contributed by atoms with Crippen molar-refractivity contribution in [3.05, 3.63) is 0 Å². The molecule has 1 saturated heterocycles. The summed E-state index contributed by atoms with van der Waals surface area (Å²) < 4.78 is 39.5. The van der Waals surface area contributed by atoms with Gasteiger partial charge in [-0.15, -0.1) is 0 Å². The molecule has 0 aromatic carbocycles. The van der Waals surface area contributed by atoms with E-state index in [0.29, 0.717) is 6.42 Å². The van der Waals surface area contributed by atoms with E-state index in [-0.39, 0.29) is 55.1 Å². The predicted octanol–water partition coefficient (Wildman–Crippen LogP) is 2.99. The molecule has 0 radical (unpaired) electrons. The van der Waals surface area contributed by atoms with Crippen LogP contribution < -0.4 is 10.6 Å². The maximum atomic E-state index is 13.3. The third-order valence-corrected chi connectivity index (χ3v) is 7.50. The molecule has 1 aliphatic heterocycles. The van der Waals surface area contributed by atoms with Gasteiger partial charge in [-0.05, 0) is 56.8 Å². The zero-order chi connectivity index (χ0) is 23.3. The van der Waals surface area contributed by atoms with E-state index in [1.807, 2.05) is 0 Å². The summed E-state index contributed by atoms with van der Waals surface area (Å²) in [7, 11) is 0. The topological polar surface area (TPSA) is 81.7 Å². The molecule has 2 aliphatic carbocycles. The van der Waals surface area contributed by atoms with Crippen molar-refractivity contribution in [1.29, 1.82) is 0 Å². The fourth-order valence-corrected chi connectivity index (χ4v) is 5.93. The Hall–Kier alpha value is -1.35. The highest BCUT2D eigenvalue weighted by Crippen LogP contribution is 2.40. The SMILES string of the molecule is CC(=O)NC1CCN(C(C(=O)NCC2CC(O)CC(C(F)(F)F)C2)C2CCCCC2)CC1. The molecule has 32 heavy (non-hydrogen) atoms. The fraction of sp³-hybridized carbons (Fsp3) is 0.913. The number of nitrogens with zero attached hydrogens (tertiary/aromatic N) is 1. The van der Waals surface area contributed by atoms with E-state index in [2.05, 4.69) is 15.5 Å². The summed E-state index contributed by atoms with van der Waals surface area (Å²) in [6.07, 6.45) is 1.64. The molecule has 4 atom stereocenters. The first-order chi connectivity index (χ1) is 15.1. The molecule has 9 heteroatoms. The van der Waals surface area contributed by atoms with Crippen LogP contribution in [0.1, 0.15) is 71.1 Å². The van der Waals surface area contributed by atoms with Crippen LogP contribution in [0.25, 0.3) is 0 Å². The average molecular weight is 462 g/mol.